The van der Waals surface area contributed by atoms with E-state index in [1.165, 1.54) is 0 Å². The second-order valence-corrected chi connectivity index (χ2v) is 5.28. The van der Waals surface area contributed by atoms with Gasteiger partial charge in [-0.1, -0.05) is 29.3 Å². The van der Waals surface area contributed by atoms with E-state index >= 15 is 0 Å². The van der Waals surface area contributed by atoms with Crippen LogP contribution in [0.25, 0.3) is 0 Å². The quantitative estimate of drug-likeness (QED) is 0.893. The summed E-state index contributed by atoms with van der Waals surface area (Å²) in [5.74, 6) is -0.211. The van der Waals surface area contributed by atoms with E-state index in [0.29, 0.717) is 35.9 Å². The molecule has 0 aliphatic carbocycles. The van der Waals surface area contributed by atoms with E-state index in [1.54, 1.807) is 12.1 Å². The molecule has 2 N–H and O–H groups in total. The lowest BCUT2D eigenvalue weighted by Gasteiger charge is -2.11. The highest BCUT2D eigenvalue weighted by Crippen LogP contribution is 2.21. The predicted molar refractivity (Wildman–Crippen MR) is 74.3 cm³/mol. The fourth-order valence-electron chi connectivity index (χ4n) is 1.98. The Morgan fingerprint density at radius 1 is 1.42 bits per heavy atom. The third kappa shape index (κ3) is 3.85. The number of carbonyl (C=O) groups excluding carboxylic acids is 2. The molecule has 1 aliphatic heterocycles. The number of hydrogen-bond donors (Lipinski definition) is 2. The SMILES string of the molecule is O=C1CCC(C(=O)NCCc2ccc(Cl)cc2Cl)N1. The Kier molecular flexibility index (Phi) is 4.66. The van der Waals surface area contributed by atoms with Gasteiger partial charge in [0, 0.05) is 23.0 Å². The minimum Gasteiger partial charge on any atom is -0.354 e. The van der Waals surface area contributed by atoms with Gasteiger partial charge in [-0.05, 0) is 30.5 Å². The molecular weight excluding hydrogens is 287 g/mol. The summed E-state index contributed by atoms with van der Waals surface area (Å²) in [6.45, 7) is 0.479. The van der Waals surface area contributed by atoms with Gasteiger partial charge in [0.2, 0.25) is 11.8 Å². The number of hydrogen-bond acceptors (Lipinski definition) is 2. The zero-order valence-electron chi connectivity index (χ0n) is 10.2. The lowest BCUT2D eigenvalue weighted by molar-refractivity contribution is -0.125. The van der Waals surface area contributed by atoms with E-state index in [9.17, 15) is 9.59 Å². The molecule has 1 heterocycles. The first-order valence-electron chi connectivity index (χ1n) is 6.07. The van der Waals surface area contributed by atoms with Crippen molar-refractivity contribution in [3.8, 4) is 0 Å². The highest BCUT2D eigenvalue weighted by atomic mass is 35.5. The van der Waals surface area contributed by atoms with Crippen molar-refractivity contribution in [3.63, 3.8) is 0 Å². The first kappa shape index (κ1) is 14.2. The normalized spacial score (nSPS) is 18.2. The van der Waals surface area contributed by atoms with Crippen molar-refractivity contribution in [1.82, 2.24) is 10.6 Å². The number of halogens is 2. The largest absolute Gasteiger partial charge is 0.354 e. The summed E-state index contributed by atoms with van der Waals surface area (Å²) in [4.78, 5) is 22.7. The minimum absolute atomic E-state index is 0.0686. The van der Waals surface area contributed by atoms with Crippen molar-refractivity contribution >= 4 is 35.0 Å². The third-order valence-corrected chi connectivity index (χ3v) is 3.61. The molecule has 6 heteroatoms. The molecular formula is C13H14Cl2N2O2. The molecule has 1 saturated heterocycles. The number of nitrogens with one attached hydrogen (secondary N) is 2. The van der Waals surface area contributed by atoms with Crippen LogP contribution in [0.5, 0.6) is 0 Å². The van der Waals surface area contributed by atoms with Gasteiger partial charge in [0.25, 0.3) is 0 Å². The Morgan fingerprint density at radius 2 is 2.21 bits per heavy atom. The Labute approximate surface area is 121 Å². The van der Waals surface area contributed by atoms with Gasteiger partial charge in [0.05, 0.1) is 0 Å². The smallest absolute Gasteiger partial charge is 0.242 e. The van der Waals surface area contributed by atoms with Crippen LogP contribution in [0.3, 0.4) is 0 Å². The summed E-state index contributed by atoms with van der Waals surface area (Å²) in [7, 11) is 0. The Bertz CT molecular complexity index is 505. The topological polar surface area (TPSA) is 58.2 Å². The molecule has 2 amide bonds. The van der Waals surface area contributed by atoms with Crippen LogP contribution < -0.4 is 10.6 Å². The number of amides is 2. The van der Waals surface area contributed by atoms with Crippen LogP contribution in [0, 0.1) is 0 Å². The maximum Gasteiger partial charge on any atom is 0.242 e. The second kappa shape index (κ2) is 6.26. The average molecular weight is 301 g/mol. The van der Waals surface area contributed by atoms with Gasteiger partial charge in [-0.25, -0.2) is 0 Å². The minimum atomic E-state index is -0.395. The third-order valence-electron chi connectivity index (χ3n) is 3.02. The van der Waals surface area contributed by atoms with E-state index in [-0.39, 0.29) is 11.8 Å². The molecule has 4 nitrogen and oxygen atoms in total. The van der Waals surface area contributed by atoms with Gasteiger partial charge in [0.1, 0.15) is 6.04 Å². The van der Waals surface area contributed by atoms with Crippen LogP contribution in [0.15, 0.2) is 18.2 Å². The highest BCUT2D eigenvalue weighted by Gasteiger charge is 2.26. The summed E-state index contributed by atoms with van der Waals surface area (Å²) < 4.78 is 0. The van der Waals surface area contributed by atoms with Crippen LogP contribution in [-0.4, -0.2) is 24.4 Å². The molecule has 1 aliphatic rings. The van der Waals surface area contributed by atoms with Crippen LogP contribution in [0.4, 0.5) is 0 Å². The summed E-state index contributed by atoms with van der Waals surface area (Å²) in [6.07, 6.45) is 1.61. The van der Waals surface area contributed by atoms with Crippen molar-refractivity contribution in [2.45, 2.75) is 25.3 Å². The van der Waals surface area contributed by atoms with Crippen molar-refractivity contribution in [2.75, 3.05) is 6.54 Å². The second-order valence-electron chi connectivity index (χ2n) is 4.44. The Morgan fingerprint density at radius 3 is 2.84 bits per heavy atom. The predicted octanol–water partition coefficient (Wildman–Crippen LogP) is 1.93. The van der Waals surface area contributed by atoms with E-state index in [2.05, 4.69) is 10.6 Å². The molecule has 102 valence electrons. The zero-order chi connectivity index (χ0) is 13.8. The number of rotatable bonds is 4. The number of carbonyl (C=O) groups is 2. The fraction of sp³-hybridized carbons (Fsp3) is 0.385. The van der Waals surface area contributed by atoms with E-state index < -0.39 is 6.04 Å². The molecule has 1 unspecified atom stereocenters. The highest BCUT2D eigenvalue weighted by molar-refractivity contribution is 6.35. The molecule has 1 aromatic carbocycles. The Balaban J connectivity index is 1.80. The average Bonchev–Trinajstić information content (AvgIpc) is 2.78. The number of benzene rings is 1. The van der Waals surface area contributed by atoms with Gasteiger partial charge in [-0.3, -0.25) is 9.59 Å². The van der Waals surface area contributed by atoms with E-state index in [1.807, 2.05) is 6.07 Å². The lowest BCUT2D eigenvalue weighted by Crippen LogP contribution is -2.42. The van der Waals surface area contributed by atoms with Crippen LogP contribution >= 0.6 is 23.2 Å². The van der Waals surface area contributed by atoms with Crippen molar-refractivity contribution in [2.24, 2.45) is 0 Å². The maximum atomic E-state index is 11.7. The molecule has 1 atom stereocenters. The van der Waals surface area contributed by atoms with Crippen LogP contribution in [-0.2, 0) is 16.0 Å². The fourth-order valence-corrected chi connectivity index (χ4v) is 2.48. The van der Waals surface area contributed by atoms with Crippen LogP contribution in [0.2, 0.25) is 10.0 Å². The van der Waals surface area contributed by atoms with Gasteiger partial charge in [0.15, 0.2) is 0 Å². The monoisotopic (exact) mass is 300 g/mol. The van der Waals surface area contributed by atoms with Crippen LogP contribution in [0.1, 0.15) is 18.4 Å². The zero-order valence-corrected chi connectivity index (χ0v) is 11.7. The van der Waals surface area contributed by atoms with E-state index in [0.717, 1.165) is 5.56 Å². The summed E-state index contributed by atoms with van der Waals surface area (Å²) in [5, 5.41) is 6.60. The molecule has 2 rings (SSSR count). The molecule has 1 aromatic rings. The summed E-state index contributed by atoms with van der Waals surface area (Å²) in [5.41, 5.74) is 0.932. The Hall–Kier alpha value is -1.26. The molecule has 19 heavy (non-hydrogen) atoms. The first-order valence-corrected chi connectivity index (χ1v) is 6.83. The molecule has 0 saturated carbocycles. The van der Waals surface area contributed by atoms with E-state index in [4.69, 9.17) is 23.2 Å². The van der Waals surface area contributed by atoms with Gasteiger partial charge in [-0.2, -0.15) is 0 Å². The summed E-state index contributed by atoms with van der Waals surface area (Å²) >= 11 is 11.8. The molecule has 0 radical (unpaired) electrons. The van der Waals surface area contributed by atoms with Crippen molar-refractivity contribution in [3.05, 3.63) is 33.8 Å². The van der Waals surface area contributed by atoms with Gasteiger partial charge < -0.3 is 10.6 Å². The maximum absolute atomic E-state index is 11.7. The van der Waals surface area contributed by atoms with Crippen molar-refractivity contribution in [1.29, 1.82) is 0 Å². The lowest BCUT2D eigenvalue weighted by atomic mass is 10.1. The summed E-state index contributed by atoms with van der Waals surface area (Å²) in [6, 6.07) is 4.89. The molecule has 1 fully saturated rings. The van der Waals surface area contributed by atoms with Crippen molar-refractivity contribution < 1.29 is 9.59 Å². The molecule has 0 bridgehead atoms. The first-order chi connectivity index (χ1) is 9.06. The molecule has 0 spiro atoms. The molecule has 0 aromatic heterocycles. The van der Waals surface area contributed by atoms with Gasteiger partial charge >= 0.3 is 0 Å². The van der Waals surface area contributed by atoms with Gasteiger partial charge in [-0.15, -0.1) is 0 Å². The standard InChI is InChI=1S/C13H14Cl2N2O2/c14-9-2-1-8(10(15)7-9)5-6-16-13(19)11-3-4-12(18)17-11/h1-2,7,11H,3-6H2,(H,16,19)(H,17,18).